The fourth-order valence-corrected chi connectivity index (χ4v) is 3.39. The molecule has 0 fully saturated rings. The van der Waals surface area contributed by atoms with Crippen molar-refractivity contribution >= 4 is 46.1 Å². The Morgan fingerprint density at radius 2 is 1.79 bits per heavy atom. The third-order valence-electron chi connectivity index (χ3n) is 4.13. The third kappa shape index (κ3) is 4.91. The average molecular weight is 414 g/mol. The smallest absolute Gasteiger partial charge is 0.265 e. The summed E-state index contributed by atoms with van der Waals surface area (Å²) in [5.41, 5.74) is 2.81. The number of rotatable bonds is 6. The Balaban J connectivity index is 1.71. The number of nitrogens with one attached hydrogen (secondary N) is 2. The maximum atomic E-state index is 12.7. The quantitative estimate of drug-likeness (QED) is 0.618. The molecule has 0 spiro atoms. The first-order valence-corrected chi connectivity index (χ1v) is 9.88. The Hall–Kier alpha value is -2.83. The molecule has 7 heteroatoms. The SMILES string of the molecule is CN(C)c1ccc(CNC(=O)c2ccc(Cl)cc2NC(=O)c2cccs2)cc1. The molecule has 3 aromatic rings. The van der Waals surface area contributed by atoms with Gasteiger partial charge >= 0.3 is 0 Å². The number of halogens is 1. The highest BCUT2D eigenvalue weighted by molar-refractivity contribution is 7.12. The monoisotopic (exact) mass is 413 g/mol. The molecular formula is C21H20ClN3O2S. The van der Waals surface area contributed by atoms with Crippen molar-refractivity contribution in [1.82, 2.24) is 5.32 Å². The molecule has 0 saturated heterocycles. The van der Waals surface area contributed by atoms with E-state index in [9.17, 15) is 9.59 Å². The van der Waals surface area contributed by atoms with E-state index in [0.29, 0.717) is 27.7 Å². The summed E-state index contributed by atoms with van der Waals surface area (Å²) in [5, 5.41) is 7.92. The zero-order valence-electron chi connectivity index (χ0n) is 15.5. The van der Waals surface area contributed by atoms with Gasteiger partial charge in [-0.2, -0.15) is 0 Å². The summed E-state index contributed by atoms with van der Waals surface area (Å²) >= 11 is 7.39. The van der Waals surface area contributed by atoms with Crippen molar-refractivity contribution in [2.75, 3.05) is 24.3 Å². The van der Waals surface area contributed by atoms with Gasteiger partial charge in [-0.05, 0) is 47.3 Å². The predicted molar refractivity (Wildman–Crippen MR) is 116 cm³/mol. The summed E-state index contributed by atoms with van der Waals surface area (Å²) in [6.45, 7) is 0.382. The molecule has 5 nitrogen and oxygen atoms in total. The van der Waals surface area contributed by atoms with Crippen LogP contribution in [0.4, 0.5) is 11.4 Å². The number of amides is 2. The minimum absolute atomic E-state index is 0.273. The van der Waals surface area contributed by atoms with Crippen molar-refractivity contribution in [3.63, 3.8) is 0 Å². The second-order valence-corrected chi connectivity index (χ2v) is 7.75. The van der Waals surface area contributed by atoms with Crippen LogP contribution < -0.4 is 15.5 Å². The Labute approximate surface area is 172 Å². The summed E-state index contributed by atoms with van der Waals surface area (Å²) in [5.74, 6) is -0.555. The van der Waals surface area contributed by atoms with Crippen LogP contribution in [0.5, 0.6) is 0 Å². The fourth-order valence-electron chi connectivity index (χ4n) is 2.60. The highest BCUT2D eigenvalue weighted by Gasteiger charge is 2.15. The number of benzene rings is 2. The topological polar surface area (TPSA) is 61.4 Å². The first kappa shape index (κ1) is 19.9. The number of thiophene rings is 1. The molecule has 2 N–H and O–H groups in total. The lowest BCUT2D eigenvalue weighted by Gasteiger charge is -2.14. The highest BCUT2D eigenvalue weighted by atomic mass is 35.5. The highest BCUT2D eigenvalue weighted by Crippen LogP contribution is 2.23. The van der Waals surface area contributed by atoms with Gasteiger partial charge in [0.1, 0.15) is 0 Å². The van der Waals surface area contributed by atoms with Crippen molar-refractivity contribution in [2.45, 2.75) is 6.54 Å². The molecule has 3 rings (SSSR count). The molecule has 0 unspecified atom stereocenters. The molecule has 0 bridgehead atoms. The van der Waals surface area contributed by atoms with E-state index in [0.717, 1.165) is 11.3 Å². The van der Waals surface area contributed by atoms with Crippen molar-refractivity contribution < 1.29 is 9.59 Å². The third-order valence-corrected chi connectivity index (χ3v) is 5.23. The van der Waals surface area contributed by atoms with E-state index in [1.165, 1.54) is 11.3 Å². The number of carbonyl (C=O) groups is 2. The Bertz CT molecular complexity index is 970. The summed E-state index contributed by atoms with van der Waals surface area (Å²) < 4.78 is 0. The molecule has 0 saturated carbocycles. The van der Waals surface area contributed by atoms with E-state index in [-0.39, 0.29) is 11.8 Å². The predicted octanol–water partition coefficient (Wildman–Crippen LogP) is 4.65. The molecular weight excluding hydrogens is 394 g/mol. The number of hydrogen-bond donors (Lipinski definition) is 2. The van der Waals surface area contributed by atoms with Crippen molar-refractivity contribution in [3.8, 4) is 0 Å². The molecule has 0 radical (unpaired) electrons. The summed E-state index contributed by atoms with van der Waals surface area (Å²) in [7, 11) is 3.95. The number of nitrogens with zero attached hydrogens (tertiary/aromatic N) is 1. The van der Waals surface area contributed by atoms with Gasteiger partial charge in [-0.1, -0.05) is 29.8 Å². The number of hydrogen-bond acceptors (Lipinski definition) is 4. The molecule has 28 heavy (non-hydrogen) atoms. The van der Waals surface area contributed by atoms with E-state index in [4.69, 9.17) is 11.6 Å². The van der Waals surface area contributed by atoms with E-state index >= 15 is 0 Å². The van der Waals surface area contributed by atoms with E-state index in [1.807, 2.05) is 48.6 Å². The largest absolute Gasteiger partial charge is 0.378 e. The van der Waals surface area contributed by atoms with Crippen LogP contribution in [0.2, 0.25) is 5.02 Å². The molecule has 0 aliphatic rings. The van der Waals surface area contributed by atoms with Crippen LogP contribution in [-0.2, 0) is 6.54 Å². The molecule has 0 aliphatic heterocycles. The standard InChI is InChI=1S/C21H20ClN3O2S/c1-25(2)16-8-5-14(6-9-16)13-23-20(26)17-10-7-15(22)12-18(17)24-21(27)19-4-3-11-28-19/h3-12H,13H2,1-2H3,(H,23,26)(H,24,27). The average Bonchev–Trinajstić information content (AvgIpc) is 3.21. The lowest BCUT2D eigenvalue weighted by atomic mass is 10.1. The second kappa shape index (κ2) is 8.91. The molecule has 1 aromatic heterocycles. The molecule has 2 aromatic carbocycles. The fraction of sp³-hybridized carbons (Fsp3) is 0.143. The molecule has 0 atom stereocenters. The van der Waals surface area contributed by atoms with Gasteiger partial charge in [-0.3, -0.25) is 9.59 Å². The second-order valence-electron chi connectivity index (χ2n) is 6.36. The Morgan fingerprint density at radius 3 is 2.43 bits per heavy atom. The minimum Gasteiger partial charge on any atom is -0.378 e. The van der Waals surface area contributed by atoms with Gasteiger partial charge in [-0.15, -0.1) is 11.3 Å². The van der Waals surface area contributed by atoms with Crippen LogP contribution in [-0.4, -0.2) is 25.9 Å². The van der Waals surface area contributed by atoms with Crippen LogP contribution in [0, 0.1) is 0 Å². The van der Waals surface area contributed by atoms with Crippen molar-refractivity contribution in [1.29, 1.82) is 0 Å². The summed E-state index contributed by atoms with van der Waals surface area (Å²) in [6, 6.07) is 16.3. The van der Waals surface area contributed by atoms with Crippen LogP contribution in [0.25, 0.3) is 0 Å². The summed E-state index contributed by atoms with van der Waals surface area (Å²) in [6.07, 6.45) is 0. The van der Waals surface area contributed by atoms with Gasteiger partial charge in [0.05, 0.1) is 16.1 Å². The number of carbonyl (C=O) groups excluding carboxylic acids is 2. The van der Waals surface area contributed by atoms with Gasteiger partial charge in [0, 0.05) is 31.4 Å². The zero-order valence-corrected chi connectivity index (χ0v) is 17.1. The van der Waals surface area contributed by atoms with Gasteiger partial charge in [-0.25, -0.2) is 0 Å². The normalized spacial score (nSPS) is 10.4. The maximum absolute atomic E-state index is 12.7. The first-order valence-electron chi connectivity index (χ1n) is 8.63. The minimum atomic E-state index is -0.283. The number of anilines is 2. The Kier molecular flexibility index (Phi) is 6.34. The maximum Gasteiger partial charge on any atom is 0.265 e. The molecule has 1 heterocycles. The van der Waals surface area contributed by atoms with E-state index in [1.54, 1.807) is 30.3 Å². The van der Waals surface area contributed by atoms with Crippen LogP contribution in [0.1, 0.15) is 25.6 Å². The summed E-state index contributed by atoms with van der Waals surface area (Å²) in [4.78, 5) is 27.6. The van der Waals surface area contributed by atoms with Crippen molar-refractivity contribution in [3.05, 3.63) is 81.0 Å². The Morgan fingerprint density at radius 1 is 1.04 bits per heavy atom. The molecule has 0 aliphatic carbocycles. The van der Waals surface area contributed by atoms with Crippen LogP contribution in [0.15, 0.2) is 60.0 Å². The first-order chi connectivity index (χ1) is 13.4. The lowest BCUT2D eigenvalue weighted by molar-refractivity contribution is 0.0952. The van der Waals surface area contributed by atoms with Crippen molar-refractivity contribution in [2.24, 2.45) is 0 Å². The van der Waals surface area contributed by atoms with Gasteiger partial charge in [0.15, 0.2) is 0 Å². The van der Waals surface area contributed by atoms with Gasteiger partial charge < -0.3 is 15.5 Å². The van der Waals surface area contributed by atoms with Crippen LogP contribution >= 0.6 is 22.9 Å². The van der Waals surface area contributed by atoms with E-state index in [2.05, 4.69) is 10.6 Å². The van der Waals surface area contributed by atoms with Gasteiger partial charge in [0.25, 0.3) is 11.8 Å². The zero-order chi connectivity index (χ0) is 20.1. The van der Waals surface area contributed by atoms with E-state index < -0.39 is 0 Å². The lowest BCUT2D eigenvalue weighted by Crippen LogP contribution is -2.24. The van der Waals surface area contributed by atoms with Gasteiger partial charge in [0.2, 0.25) is 0 Å². The molecule has 2 amide bonds. The molecule has 144 valence electrons. The van der Waals surface area contributed by atoms with Crippen LogP contribution in [0.3, 0.4) is 0 Å².